The van der Waals surface area contributed by atoms with E-state index in [1.54, 1.807) is 12.1 Å². The summed E-state index contributed by atoms with van der Waals surface area (Å²) in [5.74, 6) is 0.00721. The molecule has 0 bridgehead atoms. The van der Waals surface area contributed by atoms with Gasteiger partial charge in [0.2, 0.25) is 5.91 Å². The van der Waals surface area contributed by atoms with Crippen LogP contribution in [0.1, 0.15) is 19.3 Å². The zero-order valence-electron chi connectivity index (χ0n) is 20.4. The Morgan fingerprint density at radius 1 is 0.861 bits per heavy atom. The standard InChI is InChI=1S/C27H33F3N4O2/c28-27(29,30)36-25-6-1-3-22(19-25)21-7-9-24(10-8-21)32-13-11-31(12-14-32)20-26(35)34-17-15-33(16-18-34)23-4-2-5-23/h1,3,6-10,19,23H,2,4-5,11-18,20H2. The first-order valence-corrected chi connectivity index (χ1v) is 12.8. The van der Waals surface area contributed by atoms with E-state index in [-0.39, 0.29) is 11.7 Å². The first kappa shape index (κ1) is 24.9. The molecule has 194 valence electrons. The fourth-order valence-corrected chi connectivity index (χ4v) is 5.28. The number of rotatable bonds is 6. The van der Waals surface area contributed by atoms with Crippen molar-refractivity contribution in [3.8, 4) is 16.9 Å². The van der Waals surface area contributed by atoms with Gasteiger partial charge in [0.25, 0.3) is 0 Å². The smallest absolute Gasteiger partial charge is 0.406 e. The molecule has 0 aromatic heterocycles. The van der Waals surface area contributed by atoms with E-state index in [0.29, 0.717) is 12.1 Å². The van der Waals surface area contributed by atoms with Crippen LogP contribution in [0.15, 0.2) is 48.5 Å². The summed E-state index contributed by atoms with van der Waals surface area (Å²) in [6.07, 6.45) is -0.746. The highest BCUT2D eigenvalue weighted by atomic mass is 19.4. The van der Waals surface area contributed by atoms with E-state index in [4.69, 9.17) is 0 Å². The third-order valence-corrected chi connectivity index (χ3v) is 7.62. The number of carbonyl (C=O) groups excluding carboxylic acids is 1. The van der Waals surface area contributed by atoms with Crippen molar-refractivity contribution in [2.75, 3.05) is 63.8 Å². The summed E-state index contributed by atoms with van der Waals surface area (Å²) in [6, 6.07) is 14.6. The largest absolute Gasteiger partial charge is 0.573 e. The normalized spacial score (nSPS) is 20.3. The summed E-state index contributed by atoms with van der Waals surface area (Å²) in [5.41, 5.74) is 2.56. The Morgan fingerprint density at radius 2 is 1.56 bits per heavy atom. The van der Waals surface area contributed by atoms with Crippen molar-refractivity contribution < 1.29 is 22.7 Å². The number of alkyl halides is 3. The lowest BCUT2D eigenvalue weighted by molar-refractivity contribution is -0.274. The van der Waals surface area contributed by atoms with Gasteiger partial charge in [-0.05, 0) is 48.2 Å². The minimum atomic E-state index is -4.71. The minimum Gasteiger partial charge on any atom is -0.406 e. The summed E-state index contributed by atoms with van der Waals surface area (Å²) < 4.78 is 41.6. The maximum absolute atomic E-state index is 12.8. The monoisotopic (exact) mass is 502 g/mol. The molecule has 3 aliphatic rings. The number of benzene rings is 2. The number of halogens is 3. The second-order valence-corrected chi connectivity index (χ2v) is 9.89. The van der Waals surface area contributed by atoms with Gasteiger partial charge in [-0.15, -0.1) is 13.2 Å². The molecule has 6 nitrogen and oxygen atoms in total. The van der Waals surface area contributed by atoms with Crippen molar-refractivity contribution in [3.05, 3.63) is 48.5 Å². The van der Waals surface area contributed by atoms with Gasteiger partial charge in [0, 0.05) is 64.1 Å². The molecule has 5 rings (SSSR count). The van der Waals surface area contributed by atoms with E-state index in [1.165, 1.54) is 31.4 Å². The molecule has 0 spiro atoms. The number of hydrogen-bond donors (Lipinski definition) is 0. The van der Waals surface area contributed by atoms with Crippen LogP contribution in [0.5, 0.6) is 5.75 Å². The van der Waals surface area contributed by atoms with Crippen LogP contribution in [0.25, 0.3) is 11.1 Å². The Morgan fingerprint density at radius 3 is 2.17 bits per heavy atom. The first-order chi connectivity index (χ1) is 17.3. The Bertz CT molecular complexity index is 1030. The summed E-state index contributed by atoms with van der Waals surface area (Å²) in [4.78, 5) is 21.9. The van der Waals surface area contributed by atoms with Crippen molar-refractivity contribution in [3.63, 3.8) is 0 Å². The summed E-state index contributed by atoms with van der Waals surface area (Å²) >= 11 is 0. The van der Waals surface area contributed by atoms with Crippen LogP contribution in [-0.4, -0.2) is 91.9 Å². The number of piperazine rings is 2. The summed E-state index contributed by atoms with van der Waals surface area (Å²) in [5, 5.41) is 0. The molecule has 2 saturated heterocycles. The molecule has 36 heavy (non-hydrogen) atoms. The number of carbonyl (C=O) groups is 1. The number of anilines is 1. The van der Waals surface area contributed by atoms with Crippen LogP contribution < -0.4 is 9.64 Å². The lowest BCUT2D eigenvalue weighted by Gasteiger charge is -2.43. The molecular formula is C27H33F3N4O2. The molecule has 0 N–H and O–H groups in total. The van der Waals surface area contributed by atoms with Gasteiger partial charge in [0.05, 0.1) is 6.54 Å². The van der Waals surface area contributed by atoms with Crippen LogP contribution in [0.3, 0.4) is 0 Å². The van der Waals surface area contributed by atoms with Crippen molar-refractivity contribution in [1.82, 2.24) is 14.7 Å². The number of nitrogens with zero attached hydrogens (tertiary/aromatic N) is 4. The summed E-state index contributed by atoms with van der Waals surface area (Å²) in [7, 11) is 0. The molecular weight excluding hydrogens is 469 g/mol. The molecule has 2 aromatic carbocycles. The van der Waals surface area contributed by atoms with Crippen LogP contribution in [0.2, 0.25) is 0 Å². The molecule has 2 aliphatic heterocycles. The van der Waals surface area contributed by atoms with Gasteiger partial charge >= 0.3 is 6.36 Å². The Kier molecular flexibility index (Phi) is 7.39. The highest BCUT2D eigenvalue weighted by Crippen LogP contribution is 2.29. The molecule has 0 atom stereocenters. The first-order valence-electron chi connectivity index (χ1n) is 12.8. The number of ether oxygens (including phenoxy) is 1. The highest BCUT2D eigenvalue weighted by Gasteiger charge is 2.31. The van der Waals surface area contributed by atoms with Crippen molar-refractivity contribution in [1.29, 1.82) is 0 Å². The second-order valence-electron chi connectivity index (χ2n) is 9.89. The molecule has 2 heterocycles. The van der Waals surface area contributed by atoms with Gasteiger partial charge in [-0.3, -0.25) is 14.6 Å². The number of hydrogen-bond acceptors (Lipinski definition) is 5. The molecule has 0 radical (unpaired) electrons. The predicted molar refractivity (Wildman–Crippen MR) is 133 cm³/mol. The minimum absolute atomic E-state index is 0.227. The topological polar surface area (TPSA) is 39.3 Å². The van der Waals surface area contributed by atoms with E-state index < -0.39 is 6.36 Å². The van der Waals surface area contributed by atoms with Gasteiger partial charge in [0.1, 0.15) is 5.75 Å². The maximum Gasteiger partial charge on any atom is 0.573 e. The van der Waals surface area contributed by atoms with Crippen molar-refractivity contribution in [2.24, 2.45) is 0 Å². The van der Waals surface area contributed by atoms with Crippen LogP contribution in [0, 0.1) is 0 Å². The fourth-order valence-electron chi connectivity index (χ4n) is 5.28. The molecule has 9 heteroatoms. The molecule has 1 aliphatic carbocycles. The van der Waals surface area contributed by atoms with Gasteiger partial charge in [0.15, 0.2) is 0 Å². The van der Waals surface area contributed by atoms with Gasteiger partial charge in [-0.25, -0.2) is 0 Å². The fraction of sp³-hybridized carbons (Fsp3) is 0.519. The van der Waals surface area contributed by atoms with Crippen LogP contribution in [0.4, 0.5) is 18.9 Å². The average Bonchev–Trinajstić information content (AvgIpc) is 2.83. The summed E-state index contributed by atoms with van der Waals surface area (Å²) in [6.45, 7) is 7.47. The molecule has 2 aromatic rings. The lowest BCUT2D eigenvalue weighted by Crippen LogP contribution is -2.56. The van der Waals surface area contributed by atoms with Gasteiger partial charge in [-0.1, -0.05) is 30.7 Å². The second kappa shape index (κ2) is 10.7. The lowest BCUT2D eigenvalue weighted by atomic mass is 9.91. The maximum atomic E-state index is 12.8. The zero-order chi connectivity index (χ0) is 25.1. The molecule has 1 amide bonds. The molecule has 0 unspecified atom stereocenters. The third-order valence-electron chi connectivity index (χ3n) is 7.62. The van der Waals surface area contributed by atoms with E-state index in [2.05, 4.69) is 19.4 Å². The Labute approximate surface area is 210 Å². The van der Waals surface area contributed by atoms with Gasteiger partial charge in [-0.2, -0.15) is 0 Å². The van der Waals surface area contributed by atoms with E-state index in [1.807, 2.05) is 29.2 Å². The third kappa shape index (κ3) is 6.13. The molecule has 3 fully saturated rings. The zero-order valence-corrected chi connectivity index (χ0v) is 20.4. The average molecular weight is 503 g/mol. The predicted octanol–water partition coefficient (Wildman–Crippen LogP) is 4.07. The van der Waals surface area contributed by atoms with E-state index in [0.717, 1.165) is 69.7 Å². The Hall–Kier alpha value is -2.78. The van der Waals surface area contributed by atoms with E-state index >= 15 is 0 Å². The van der Waals surface area contributed by atoms with E-state index in [9.17, 15) is 18.0 Å². The van der Waals surface area contributed by atoms with Crippen molar-refractivity contribution >= 4 is 11.6 Å². The highest BCUT2D eigenvalue weighted by molar-refractivity contribution is 5.78. The quantitative estimate of drug-likeness (QED) is 0.596. The van der Waals surface area contributed by atoms with Crippen LogP contribution >= 0.6 is 0 Å². The SMILES string of the molecule is O=C(CN1CCN(c2ccc(-c3cccc(OC(F)(F)F)c3)cc2)CC1)N1CCN(C2CCC2)CC1. The van der Waals surface area contributed by atoms with Gasteiger partial charge < -0.3 is 14.5 Å². The van der Waals surface area contributed by atoms with Crippen LogP contribution in [-0.2, 0) is 4.79 Å². The number of amides is 1. The Balaban J connectivity index is 1.09. The van der Waals surface area contributed by atoms with Crippen molar-refractivity contribution in [2.45, 2.75) is 31.7 Å². The molecule has 1 saturated carbocycles.